The maximum absolute atomic E-state index is 12.4. The number of hydrogen-bond acceptors (Lipinski definition) is 5. The van der Waals surface area contributed by atoms with E-state index in [1.165, 1.54) is 24.8 Å². The lowest BCUT2D eigenvalue weighted by molar-refractivity contribution is -0.144. The molecule has 0 fully saturated rings. The average Bonchev–Trinajstić information content (AvgIpc) is 3.09. The Kier molecular flexibility index (Phi) is 3.62. The smallest absolute Gasteiger partial charge is 0.326 e. The minimum Gasteiger partial charge on any atom is -0.507 e. The topological polar surface area (TPSA) is 124 Å². The third kappa shape index (κ3) is 2.26. The first kappa shape index (κ1) is 16.1. The first-order valence-corrected chi connectivity index (χ1v) is 7.53. The molecule has 8 heteroatoms. The Balaban J connectivity index is 1.94. The van der Waals surface area contributed by atoms with E-state index in [2.05, 4.69) is 0 Å². The van der Waals surface area contributed by atoms with Crippen molar-refractivity contribution in [1.29, 1.82) is 0 Å². The van der Waals surface area contributed by atoms with E-state index in [1.807, 2.05) is 0 Å². The van der Waals surface area contributed by atoms with Gasteiger partial charge in [0.25, 0.3) is 5.91 Å². The molecule has 2 aliphatic rings. The van der Waals surface area contributed by atoms with Gasteiger partial charge in [0.15, 0.2) is 0 Å². The maximum atomic E-state index is 12.4. The van der Waals surface area contributed by atoms with Crippen LogP contribution in [0.1, 0.15) is 35.3 Å². The van der Waals surface area contributed by atoms with Crippen LogP contribution in [0.2, 0.25) is 0 Å². The van der Waals surface area contributed by atoms with Crippen LogP contribution in [-0.4, -0.2) is 50.2 Å². The van der Waals surface area contributed by atoms with Crippen molar-refractivity contribution >= 4 is 17.8 Å². The summed E-state index contributed by atoms with van der Waals surface area (Å²) >= 11 is 0. The minimum absolute atomic E-state index is 0.000102. The number of aliphatic carboxylic acids is 2. The van der Waals surface area contributed by atoms with Crippen LogP contribution in [0.5, 0.6) is 11.5 Å². The van der Waals surface area contributed by atoms with Gasteiger partial charge in [0.05, 0.1) is 18.0 Å². The summed E-state index contributed by atoms with van der Waals surface area (Å²) in [6.45, 7) is 2.92. The number of benzene rings is 1. The molecule has 24 heavy (non-hydrogen) atoms. The SMILES string of the molecule is C[C@H](C(=O)O)N1Cc2c(cc3c(c2O)C[C@@H]([C@@H](C)C(=O)O)O3)C1=O. The fourth-order valence-corrected chi connectivity index (χ4v) is 3.07. The van der Waals surface area contributed by atoms with Crippen molar-refractivity contribution < 1.29 is 34.4 Å². The number of fused-ring (bicyclic) bond motifs is 2. The highest BCUT2D eigenvalue weighted by atomic mass is 16.5. The second-order valence-corrected chi connectivity index (χ2v) is 6.16. The average molecular weight is 335 g/mol. The summed E-state index contributed by atoms with van der Waals surface area (Å²) < 4.78 is 5.60. The molecular formula is C16H17NO7. The van der Waals surface area contributed by atoms with E-state index in [0.717, 1.165) is 0 Å². The van der Waals surface area contributed by atoms with Crippen molar-refractivity contribution in [2.75, 3.05) is 0 Å². The lowest BCUT2D eigenvalue weighted by Gasteiger charge is -2.20. The standard InChI is InChI=1S/C16H17NO7/c1-6(15(20)21)11-4-9-12(24-11)3-8-10(13(9)18)5-17(14(8)19)7(2)16(22)23/h3,6-7,11,18H,4-5H2,1-2H3,(H,20,21)(H,22,23)/t6-,7-,11+/m1/s1. The van der Waals surface area contributed by atoms with Crippen molar-refractivity contribution in [2.24, 2.45) is 5.92 Å². The van der Waals surface area contributed by atoms with Crippen LogP contribution in [0.4, 0.5) is 0 Å². The predicted molar refractivity (Wildman–Crippen MR) is 80.0 cm³/mol. The van der Waals surface area contributed by atoms with Gasteiger partial charge in [0.1, 0.15) is 23.6 Å². The maximum Gasteiger partial charge on any atom is 0.326 e. The zero-order valence-electron chi connectivity index (χ0n) is 13.1. The normalized spacial score (nSPS) is 21.0. The first-order chi connectivity index (χ1) is 11.2. The molecule has 1 amide bonds. The zero-order valence-corrected chi connectivity index (χ0v) is 13.1. The van der Waals surface area contributed by atoms with Gasteiger partial charge in [-0.3, -0.25) is 9.59 Å². The number of carbonyl (C=O) groups excluding carboxylic acids is 1. The van der Waals surface area contributed by atoms with Crippen LogP contribution in [0.3, 0.4) is 0 Å². The van der Waals surface area contributed by atoms with E-state index in [4.69, 9.17) is 14.9 Å². The highest BCUT2D eigenvalue weighted by Gasteiger charge is 2.40. The number of phenolic OH excluding ortho intramolecular Hbond substituents is 1. The van der Waals surface area contributed by atoms with E-state index >= 15 is 0 Å². The molecule has 0 spiro atoms. The molecule has 0 aliphatic carbocycles. The molecule has 1 aromatic carbocycles. The molecule has 0 radical (unpaired) electrons. The van der Waals surface area contributed by atoms with Gasteiger partial charge in [-0.25, -0.2) is 4.79 Å². The number of nitrogens with zero attached hydrogens (tertiary/aromatic N) is 1. The summed E-state index contributed by atoms with van der Waals surface area (Å²) in [6.07, 6.45) is -0.389. The van der Waals surface area contributed by atoms with E-state index in [-0.39, 0.29) is 30.0 Å². The summed E-state index contributed by atoms with van der Waals surface area (Å²) in [5, 5.41) is 28.6. The van der Waals surface area contributed by atoms with Crippen LogP contribution in [0, 0.1) is 5.92 Å². The second-order valence-electron chi connectivity index (χ2n) is 6.16. The second kappa shape index (κ2) is 5.40. The molecule has 1 aromatic rings. The molecule has 2 heterocycles. The number of carboxylic acids is 2. The van der Waals surface area contributed by atoms with Gasteiger partial charge in [0.2, 0.25) is 0 Å². The monoisotopic (exact) mass is 335 g/mol. The van der Waals surface area contributed by atoms with Crippen LogP contribution in [0.25, 0.3) is 0 Å². The summed E-state index contributed by atoms with van der Waals surface area (Å²) in [5.41, 5.74) is 1.02. The highest BCUT2D eigenvalue weighted by Crippen LogP contribution is 2.44. The van der Waals surface area contributed by atoms with Gasteiger partial charge in [0, 0.05) is 17.5 Å². The molecule has 0 saturated heterocycles. The lowest BCUT2D eigenvalue weighted by atomic mass is 9.97. The molecule has 8 nitrogen and oxygen atoms in total. The predicted octanol–water partition coefficient (Wildman–Crippen LogP) is 0.845. The molecule has 3 rings (SSSR count). The Hall–Kier alpha value is -2.77. The van der Waals surface area contributed by atoms with Gasteiger partial charge < -0.3 is 25.0 Å². The van der Waals surface area contributed by atoms with Gasteiger partial charge in [-0.1, -0.05) is 0 Å². The minimum atomic E-state index is -1.13. The molecule has 0 aromatic heterocycles. The van der Waals surface area contributed by atoms with E-state index in [0.29, 0.717) is 11.1 Å². The number of amides is 1. The van der Waals surface area contributed by atoms with E-state index in [9.17, 15) is 19.5 Å². The van der Waals surface area contributed by atoms with Gasteiger partial charge >= 0.3 is 11.9 Å². The Bertz CT molecular complexity index is 757. The molecule has 0 bridgehead atoms. The molecular weight excluding hydrogens is 318 g/mol. The summed E-state index contributed by atoms with van der Waals surface area (Å²) in [6, 6.07) is 0.454. The quantitative estimate of drug-likeness (QED) is 0.745. The number of hydrogen-bond donors (Lipinski definition) is 3. The van der Waals surface area contributed by atoms with E-state index in [1.54, 1.807) is 0 Å². The molecule has 3 N–H and O–H groups in total. The van der Waals surface area contributed by atoms with Gasteiger partial charge in [-0.15, -0.1) is 0 Å². The molecule has 0 saturated carbocycles. The third-order valence-corrected chi connectivity index (χ3v) is 4.75. The number of carboxylic acid groups (broad SMARTS) is 2. The zero-order chi connectivity index (χ0) is 17.8. The van der Waals surface area contributed by atoms with Crippen LogP contribution in [0.15, 0.2) is 6.07 Å². The molecule has 128 valence electrons. The highest BCUT2D eigenvalue weighted by molar-refractivity contribution is 6.01. The third-order valence-electron chi connectivity index (χ3n) is 4.75. The van der Waals surface area contributed by atoms with Crippen molar-refractivity contribution in [2.45, 2.75) is 39.0 Å². The summed E-state index contributed by atoms with van der Waals surface area (Å²) in [5.74, 6) is -3.21. The molecule has 0 unspecified atom stereocenters. The number of phenols is 1. The first-order valence-electron chi connectivity index (χ1n) is 7.53. The largest absolute Gasteiger partial charge is 0.507 e. The van der Waals surface area contributed by atoms with Crippen molar-refractivity contribution in [3.05, 3.63) is 22.8 Å². The Morgan fingerprint density at radius 1 is 1.25 bits per heavy atom. The van der Waals surface area contributed by atoms with Gasteiger partial charge in [-0.05, 0) is 19.9 Å². The van der Waals surface area contributed by atoms with Crippen molar-refractivity contribution in [1.82, 2.24) is 4.90 Å². The number of carbonyl (C=O) groups is 3. The summed E-state index contributed by atoms with van der Waals surface area (Å²) in [7, 11) is 0. The lowest BCUT2D eigenvalue weighted by Crippen LogP contribution is -2.38. The van der Waals surface area contributed by atoms with Crippen molar-refractivity contribution in [3.63, 3.8) is 0 Å². The van der Waals surface area contributed by atoms with Crippen LogP contribution in [-0.2, 0) is 22.6 Å². The fourth-order valence-electron chi connectivity index (χ4n) is 3.07. The number of aromatic hydroxyl groups is 1. The Morgan fingerprint density at radius 3 is 2.50 bits per heavy atom. The fraction of sp³-hybridized carbons (Fsp3) is 0.438. The van der Waals surface area contributed by atoms with Crippen molar-refractivity contribution in [3.8, 4) is 11.5 Å². The van der Waals surface area contributed by atoms with Gasteiger partial charge in [-0.2, -0.15) is 0 Å². The van der Waals surface area contributed by atoms with E-state index < -0.39 is 35.9 Å². The Morgan fingerprint density at radius 2 is 1.92 bits per heavy atom. The molecule has 2 aliphatic heterocycles. The van der Waals surface area contributed by atoms with Crippen LogP contribution < -0.4 is 4.74 Å². The Labute approximate surface area is 137 Å². The summed E-state index contributed by atoms with van der Waals surface area (Å²) in [4.78, 5) is 35.8. The number of rotatable bonds is 4. The van der Waals surface area contributed by atoms with Crippen LogP contribution >= 0.6 is 0 Å². The number of ether oxygens (including phenoxy) is 1. The molecule has 3 atom stereocenters.